The number of nitrogens with one attached hydrogen (secondary N) is 2. The maximum absolute atomic E-state index is 12.5. The lowest BCUT2D eigenvalue weighted by Crippen LogP contribution is -2.58. The van der Waals surface area contributed by atoms with Gasteiger partial charge in [0.05, 0.1) is 10.8 Å². The van der Waals surface area contributed by atoms with Crippen molar-refractivity contribution in [3.63, 3.8) is 0 Å². The summed E-state index contributed by atoms with van der Waals surface area (Å²) in [7, 11) is 0. The van der Waals surface area contributed by atoms with Crippen molar-refractivity contribution in [1.82, 2.24) is 10.6 Å². The Balaban J connectivity index is 5.25. The molecule has 0 unspecified atom stereocenters. The van der Waals surface area contributed by atoms with E-state index in [4.69, 9.17) is 0 Å². The molecule has 0 aliphatic rings. The number of hydrogen-bond acceptors (Lipinski definition) is 2. The molecular weight excluding hydrogens is 252 g/mol. The lowest BCUT2D eigenvalue weighted by molar-refractivity contribution is -0.149. The van der Waals surface area contributed by atoms with Crippen LogP contribution in [0.15, 0.2) is 0 Å². The molecule has 4 heteroatoms. The standard InChI is InChI=1S/C16H32N2O2/c1-13(2,3)17-11(19)15(7,8)16(9,10)12(20)18-14(4,5)6/h1-10H3,(H,17,19)(H,18,20). The number of rotatable bonds is 3. The normalized spacial score (nSPS) is 13.9. The van der Waals surface area contributed by atoms with Crippen LogP contribution in [0.1, 0.15) is 69.2 Å². The van der Waals surface area contributed by atoms with Crippen molar-refractivity contribution in [2.24, 2.45) is 10.8 Å². The van der Waals surface area contributed by atoms with Gasteiger partial charge >= 0.3 is 0 Å². The summed E-state index contributed by atoms with van der Waals surface area (Å²) in [5.74, 6) is -0.224. The highest BCUT2D eigenvalue weighted by molar-refractivity contribution is 5.93. The van der Waals surface area contributed by atoms with E-state index in [1.165, 1.54) is 0 Å². The van der Waals surface area contributed by atoms with Crippen molar-refractivity contribution in [3.05, 3.63) is 0 Å². The summed E-state index contributed by atoms with van der Waals surface area (Å²) in [6.07, 6.45) is 0. The molecule has 0 aliphatic heterocycles. The topological polar surface area (TPSA) is 58.2 Å². The molecule has 0 rings (SSSR count). The van der Waals surface area contributed by atoms with E-state index >= 15 is 0 Å². The highest BCUT2D eigenvalue weighted by Crippen LogP contribution is 2.39. The van der Waals surface area contributed by atoms with Gasteiger partial charge < -0.3 is 10.6 Å². The molecule has 0 aromatic carbocycles. The quantitative estimate of drug-likeness (QED) is 0.837. The molecule has 0 atom stereocenters. The number of hydrogen-bond donors (Lipinski definition) is 2. The van der Waals surface area contributed by atoms with E-state index in [0.29, 0.717) is 0 Å². The van der Waals surface area contributed by atoms with Gasteiger partial charge in [0, 0.05) is 11.1 Å². The van der Waals surface area contributed by atoms with Gasteiger partial charge in [-0.15, -0.1) is 0 Å². The second kappa shape index (κ2) is 5.38. The van der Waals surface area contributed by atoms with Crippen LogP contribution in [0, 0.1) is 10.8 Å². The smallest absolute Gasteiger partial charge is 0.227 e. The maximum atomic E-state index is 12.5. The van der Waals surface area contributed by atoms with Crippen LogP contribution in [-0.2, 0) is 9.59 Å². The van der Waals surface area contributed by atoms with Crippen LogP contribution in [0.4, 0.5) is 0 Å². The molecule has 0 spiro atoms. The molecule has 118 valence electrons. The van der Waals surface area contributed by atoms with Gasteiger partial charge in [0.1, 0.15) is 0 Å². The van der Waals surface area contributed by atoms with Gasteiger partial charge in [0.2, 0.25) is 11.8 Å². The Hall–Kier alpha value is -1.06. The van der Waals surface area contributed by atoms with Crippen molar-refractivity contribution in [2.45, 2.75) is 80.3 Å². The van der Waals surface area contributed by atoms with Gasteiger partial charge in [-0.2, -0.15) is 0 Å². The minimum absolute atomic E-state index is 0.112. The van der Waals surface area contributed by atoms with E-state index in [-0.39, 0.29) is 22.9 Å². The largest absolute Gasteiger partial charge is 0.351 e. The minimum atomic E-state index is -0.810. The summed E-state index contributed by atoms with van der Waals surface area (Å²) >= 11 is 0. The molecule has 0 saturated heterocycles. The first-order chi connectivity index (χ1) is 8.51. The van der Waals surface area contributed by atoms with E-state index in [0.717, 1.165) is 0 Å². The van der Waals surface area contributed by atoms with E-state index in [1.54, 1.807) is 0 Å². The van der Waals surface area contributed by atoms with E-state index in [2.05, 4.69) is 10.6 Å². The van der Waals surface area contributed by atoms with Gasteiger partial charge in [-0.3, -0.25) is 9.59 Å². The third kappa shape index (κ3) is 4.80. The molecule has 0 bridgehead atoms. The zero-order valence-corrected chi connectivity index (χ0v) is 14.8. The third-order valence-corrected chi connectivity index (χ3v) is 3.67. The van der Waals surface area contributed by atoms with E-state index in [9.17, 15) is 9.59 Å². The average Bonchev–Trinajstić information content (AvgIpc) is 2.11. The predicted molar refractivity (Wildman–Crippen MR) is 83.4 cm³/mol. The summed E-state index contributed by atoms with van der Waals surface area (Å²) < 4.78 is 0. The molecule has 0 radical (unpaired) electrons. The summed E-state index contributed by atoms with van der Waals surface area (Å²) in [6.45, 7) is 18.9. The molecule has 0 aromatic rings. The number of carbonyl (C=O) groups excluding carboxylic acids is 2. The summed E-state index contributed by atoms with van der Waals surface area (Å²) in [5.41, 5.74) is -2.25. The second-order valence-corrected chi connectivity index (χ2v) is 8.66. The SMILES string of the molecule is CC(C)(C)NC(=O)C(C)(C)C(C)(C)C(=O)NC(C)(C)C. The second-order valence-electron chi connectivity index (χ2n) is 8.66. The third-order valence-electron chi connectivity index (χ3n) is 3.67. The van der Waals surface area contributed by atoms with Crippen molar-refractivity contribution >= 4 is 11.8 Å². The molecule has 2 N–H and O–H groups in total. The monoisotopic (exact) mass is 284 g/mol. The fraction of sp³-hybridized carbons (Fsp3) is 0.875. The van der Waals surface area contributed by atoms with E-state index < -0.39 is 10.8 Å². The van der Waals surface area contributed by atoms with Crippen LogP contribution >= 0.6 is 0 Å². The summed E-state index contributed by atoms with van der Waals surface area (Å²) in [6, 6.07) is 0. The Morgan fingerprint density at radius 1 is 0.550 bits per heavy atom. The highest BCUT2D eigenvalue weighted by Gasteiger charge is 2.49. The van der Waals surface area contributed by atoms with Crippen molar-refractivity contribution < 1.29 is 9.59 Å². The zero-order valence-electron chi connectivity index (χ0n) is 14.8. The van der Waals surface area contributed by atoms with Crippen LogP contribution < -0.4 is 10.6 Å². The first kappa shape index (κ1) is 18.9. The van der Waals surface area contributed by atoms with Crippen LogP contribution in [0.5, 0.6) is 0 Å². The van der Waals surface area contributed by atoms with Crippen molar-refractivity contribution in [1.29, 1.82) is 0 Å². The van der Waals surface area contributed by atoms with Crippen LogP contribution in [-0.4, -0.2) is 22.9 Å². The summed E-state index contributed by atoms with van der Waals surface area (Å²) in [4.78, 5) is 25.0. The van der Waals surface area contributed by atoms with Crippen molar-refractivity contribution in [3.8, 4) is 0 Å². The van der Waals surface area contributed by atoms with Gasteiger partial charge in [-0.25, -0.2) is 0 Å². The van der Waals surface area contributed by atoms with Crippen LogP contribution in [0.2, 0.25) is 0 Å². The Morgan fingerprint density at radius 3 is 0.900 bits per heavy atom. The van der Waals surface area contributed by atoms with Crippen LogP contribution in [0.3, 0.4) is 0 Å². The Kier molecular flexibility index (Phi) is 5.09. The van der Waals surface area contributed by atoms with Gasteiger partial charge in [0.25, 0.3) is 0 Å². The summed E-state index contributed by atoms with van der Waals surface area (Å²) in [5, 5.41) is 5.93. The molecule has 0 heterocycles. The highest BCUT2D eigenvalue weighted by atomic mass is 16.2. The lowest BCUT2D eigenvalue weighted by atomic mass is 9.66. The lowest BCUT2D eigenvalue weighted by Gasteiger charge is -2.41. The Morgan fingerprint density at radius 2 is 0.750 bits per heavy atom. The molecule has 0 aliphatic carbocycles. The maximum Gasteiger partial charge on any atom is 0.227 e. The number of amides is 2. The molecule has 0 saturated carbocycles. The first-order valence-electron chi connectivity index (χ1n) is 7.16. The molecule has 0 aromatic heterocycles. The number of carbonyl (C=O) groups is 2. The predicted octanol–water partition coefficient (Wildman–Crippen LogP) is 2.87. The van der Waals surface area contributed by atoms with E-state index in [1.807, 2.05) is 69.2 Å². The molecule has 20 heavy (non-hydrogen) atoms. The van der Waals surface area contributed by atoms with Gasteiger partial charge in [-0.1, -0.05) is 27.7 Å². The van der Waals surface area contributed by atoms with Crippen molar-refractivity contribution in [2.75, 3.05) is 0 Å². The van der Waals surface area contributed by atoms with Crippen LogP contribution in [0.25, 0.3) is 0 Å². The average molecular weight is 284 g/mol. The fourth-order valence-corrected chi connectivity index (χ4v) is 1.56. The molecule has 4 nitrogen and oxygen atoms in total. The molecule has 2 amide bonds. The minimum Gasteiger partial charge on any atom is -0.351 e. The molecule has 0 fully saturated rings. The van der Waals surface area contributed by atoms with Gasteiger partial charge in [0.15, 0.2) is 0 Å². The fourth-order valence-electron chi connectivity index (χ4n) is 1.56. The first-order valence-corrected chi connectivity index (χ1v) is 7.16. The molecular formula is C16H32N2O2. The Labute approximate surface area is 124 Å². The Bertz CT molecular complexity index is 344. The zero-order chi connectivity index (χ0) is 16.6. The van der Waals surface area contributed by atoms with Gasteiger partial charge in [-0.05, 0) is 41.5 Å².